The zero-order valence-corrected chi connectivity index (χ0v) is 35.2. The summed E-state index contributed by atoms with van der Waals surface area (Å²) in [6.45, 7) is 22.8. The van der Waals surface area contributed by atoms with Gasteiger partial charge in [-0.1, -0.05) is 53.2 Å². The predicted molar refractivity (Wildman–Crippen MR) is 212 cm³/mol. The van der Waals surface area contributed by atoms with Crippen molar-refractivity contribution in [2.24, 2.45) is 5.92 Å². The van der Waals surface area contributed by atoms with Gasteiger partial charge in [-0.15, -0.1) is 0 Å². The van der Waals surface area contributed by atoms with Crippen LogP contribution < -0.4 is 26.6 Å². The Labute approximate surface area is 322 Å². The second kappa shape index (κ2) is 20.4. The molecule has 2 atom stereocenters. The third kappa shape index (κ3) is 15.6. The van der Waals surface area contributed by atoms with E-state index in [0.717, 1.165) is 12.8 Å². The molecule has 1 aromatic rings. The van der Waals surface area contributed by atoms with Gasteiger partial charge in [0.1, 0.15) is 17.7 Å². The first kappa shape index (κ1) is 45.9. The summed E-state index contributed by atoms with van der Waals surface area (Å²) in [6, 6.07) is 3.16. The molecule has 0 unspecified atom stereocenters. The smallest absolute Gasteiger partial charge is 0.407 e. The number of hydrogen-bond acceptors (Lipinski definition) is 8. The van der Waals surface area contributed by atoms with E-state index in [9.17, 15) is 28.8 Å². The summed E-state index contributed by atoms with van der Waals surface area (Å²) in [6.07, 6.45) is 5.22. The summed E-state index contributed by atoms with van der Waals surface area (Å²) in [5.74, 6) is -1.90. The highest BCUT2D eigenvalue weighted by atomic mass is 28.4. The maximum Gasteiger partial charge on any atom is 0.407 e. The van der Waals surface area contributed by atoms with Crippen molar-refractivity contribution in [2.45, 2.75) is 130 Å². The van der Waals surface area contributed by atoms with Gasteiger partial charge in [-0.3, -0.25) is 24.0 Å². The van der Waals surface area contributed by atoms with E-state index in [1.165, 1.54) is 0 Å². The van der Waals surface area contributed by atoms with Crippen molar-refractivity contribution in [2.75, 3.05) is 31.5 Å². The number of nitrogens with one attached hydrogen (secondary N) is 5. The number of amides is 6. The molecule has 0 spiro atoms. The fourth-order valence-electron chi connectivity index (χ4n) is 5.06. The zero-order valence-electron chi connectivity index (χ0n) is 34.2. The quantitative estimate of drug-likeness (QED) is 0.0961. The molecule has 2 rings (SSSR count). The minimum Gasteiger partial charge on any atom is -0.444 e. The molecule has 15 heteroatoms. The molecule has 1 aliphatic rings. The number of nitrogens with zero attached hydrogens (tertiary/aromatic N) is 1. The van der Waals surface area contributed by atoms with Crippen LogP contribution >= 0.6 is 0 Å². The first-order chi connectivity index (χ1) is 25.0. The van der Waals surface area contributed by atoms with E-state index in [0.29, 0.717) is 36.3 Å². The average Bonchev–Trinajstić information content (AvgIpc) is 3.47. The van der Waals surface area contributed by atoms with E-state index in [4.69, 9.17) is 9.16 Å². The molecule has 0 aromatic heterocycles. The van der Waals surface area contributed by atoms with E-state index in [2.05, 4.69) is 60.4 Å². The van der Waals surface area contributed by atoms with Gasteiger partial charge < -0.3 is 40.6 Å². The Morgan fingerprint density at radius 3 is 2.15 bits per heavy atom. The van der Waals surface area contributed by atoms with E-state index < -0.39 is 49.8 Å². The zero-order chi connectivity index (χ0) is 40.9. The van der Waals surface area contributed by atoms with Gasteiger partial charge in [0.05, 0.1) is 6.61 Å². The number of unbranched alkanes of at least 4 members (excludes halogenated alkanes) is 2. The van der Waals surface area contributed by atoms with Crippen molar-refractivity contribution < 1.29 is 37.9 Å². The number of anilines is 1. The van der Waals surface area contributed by atoms with Gasteiger partial charge in [-0.25, -0.2) is 4.79 Å². The lowest BCUT2D eigenvalue weighted by molar-refractivity contribution is -0.131. The second-order valence-corrected chi connectivity index (χ2v) is 21.4. The van der Waals surface area contributed by atoms with E-state index >= 15 is 0 Å². The second-order valence-electron chi connectivity index (χ2n) is 16.6. The fourth-order valence-corrected chi connectivity index (χ4v) is 6.01. The first-order valence-corrected chi connectivity index (χ1v) is 21.8. The molecule has 1 heterocycles. The van der Waals surface area contributed by atoms with Crippen LogP contribution in [0.2, 0.25) is 18.1 Å². The summed E-state index contributed by atoms with van der Waals surface area (Å²) in [5.41, 5.74) is 0.615. The van der Waals surface area contributed by atoms with Crippen LogP contribution in [0.25, 0.3) is 0 Å². The van der Waals surface area contributed by atoms with Crippen molar-refractivity contribution >= 4 is 49.6 Å². The summed E-state index contributed by atoms with van der Waals surface area (Å²) in [7, 11) is -2.17. The molecule has 0 saturated heterocycles. The van der Waals surface area contributed by atoms with Gasteiger partial charge in [0.25, 0.3) is 5.91 Å². The van der Waals surface area contributed by atoms with Crippen molar-refractivity contribution in [1.82, 2.24) is 26.2 Å². The van der Waals surface area contributed by atoms with Crippen LogP contribution in [0.15, 0.2) is 30.4 Å². The highest BCUT2D eigenvalue weighted by Gasteiger charge is 2.37. The maximum atomic E-state index is 13.4. The number of rotatable bonds is 19. The molecule has 0 saturated carbocycles. The molecule has 302 valence electrons. The summed E-state index contributed by atoms with van der Waals surface area (Å²) in [4.78, 5) is 78.2. The lowest BCUT2D eigenvalue weighted by Crippen LogP contribution is -2.53. The monoisotopic (exact) mass is 772 g/mol. The van der Waals surface area contributed by atoms with Gasteiger partial charge in [-0.05, 0) is 82.3 Å². The Bertz CT molecular complexity index is 1510. The van der Waals surface area contributed by atoms with Crippen molar-refractivity contribution in [1.29, 1.82) is 0 Å². The molecule has 1 aliphatic heterocycles. The van der Waals surface area contributed by atoms with Crippen molar-refractivity contribution in [3.63, 3.8) is 0 Å². The standard InChI is InChI=1S/C39H64N6O8Si/c1-26(2)33(44-31(46)16-13-12-14-22-45-23-15-17-32(45)47)36(50)42-27(3)34(48)43-29-19-18-28(25-52-54(10,11)39(7,8)9)30(24-29)35(49)40-20-21-41-37(51)53-38(4,5)6/h15,17-19,24,26-27,33H,12-14,16,20-23,25H2,1-11H3,(H,40,49)(H,41,51)(H,42,50)(H,43,48)(H,44,46)/t27-,33-/m0/s1. The SMILES string of the molecule is CC(C)[C@H](NC(=O)CCCCCN1CC=CC1=O)C(=O)N[C@@H](C)C(=O)Nc1ccc(CO[Si](C)(C)C(C)(C)C)c(C(=O)NCCNC(=O)OC(C)(C)C)c1. The molecular weight excluding hydrogens is 709 g/mol. The van der Waals surface area contributed by atoms with Crippen LogP contribution in [0.1, 0.15) is 104 Å². The molecule has 0 aliphatic carbocycles. The van der Waals surface area contributed by atoms with E-state index in [1.807, 2.05) is 19.9 Å². The number of alkyl carbamates (subject to hydrolysis) is 1. The molecule has 14 nitrogen and oxygen atoms in total. The Morgan fingerprint density at radius 1 is 0.889 bits per heavy atom. The normalized spacial score (nSPS) is 14.4. The fraction of sp³-hybridized carbons (Fsp3) is 0.641. The third-order valence-corrected chi connectivity index (χ3v) is 13.8. The predicted octanol–water partition coefficient (Wildman–Crippen LogP) is 5.01. The van der Waals surface area contributed by atoms with Crippen LogP contribution in [0.3, 0.4) is 0 Å². The number of hydrogen-bond donors (Lipinski definition) is 5. The molecule has 5 N–H and O–H groups in total. The van der Waals surface area contributed by atoms with Gasteiger partial charge in [0.15, 0.2) is 8.32 Å². The van der Waals surface area contributed by atoms with E-state index in [-0.39, 0.29) is 48.9 Å². The van der Waals surface area contributed by atoms with Crippen molar-refractivity contribution in [3.05, 3.63) is 41.5 Å². The number of benzene rings is 1. The van der Waals surface area contributed by atoms with Crippen LogP contribution in [0.4, 0.5) is 10.5 Å². The molecule has 0 fully saturated rings. The van der Waals surface area contributed by atoms with Crippen molar-refractivity contribution in [3.8, 4) is 0 Å². The summed E-state index contributed by atoms with van der Waals surface area (Å²) >= 11 is 0. The molecule has 0 radical (unpaired) electrons. The molecule has 54 heavy (non-hydrogen) atoms. The number of carbonyl (C=O) groups excluding carboxylic acids is 6. The average molecular weight is 773 g/mol. The molecule has 0 bridgehead atoms. The summed E-state index contributed by atoms with van der Waals surface area (Å²) in [5, 5.41) is 13.7. The summed E-state index contributed by atoms with van der Waals surface area (Å²) < 4.78 is 11.7. The Morgan fingerprint density at radius 2 is 1.56 bits per heavy atom. The topological polar surface area (TPSA) is 184 Å². The maximum absolute atomic E-state index is 13.4. The molecule has 6 amide bonds. The number of carbonyl (C=O) groups is 6. The van der Waals surface area contributed by atoms with Gasteiger partial charge in [0.2, 0.25) is 23.6 Å². The van der Waals surface area contributed by atoms with Gasteiger partial charge in [-0.2, -0.15) is 0 Å². The lowest BCUT2D eigenvalue weighted by atomic mass is 10.0. The minimum absolute atomic E-state index is 0.0114. The Kier molecular flexibility index (Phi) is 17.4. The van der Waals surface area contributed by atoms with Gasteiger partial charge in [0, 0.05) is 49.9 Å². The Hall–Kier alpha value is -4.24. The third-order valence-electron chi connectivity index (χ3n) is 9.34. The van der Waals surface area contributed by atoms with Crippen LogP contribution in [-0.4, -0.2) is 92.7 Å². The van der Waals surface area contributed by atoms with Crippen LogP contribution in [0.5, 0.6) is 0 Å². The minimum atomic E-state index is -2.17. The van der Waals surface area contributed by atoms with Crippen LogP contribution in [-0.2, 0) is 34.9 Å². The highest BCUT2D eigenvalue weighted by Crippen LogP contribution is 2.37. The largest absolute Gasteiger partial charge is 0.444 e. The van der Waals surface area contributed by atoms with E-state index in [1.54, 1.807) is 56.9 Å². The molecule has 1 aromatic carbocycles. The van der Waals surface area contributed by atoms with Crippen LogP contribution in [0, 0.1) is 5.92 Å². The number of ether oxygens (including phenoxy) is 1. The lowest BCUT2D eigenvalue weighted by Gasteiger charge is -2.36. The highest BCUT2D eigenvalue weighted by molar-refractivity contribution is 6.74. The Balaban J connectivity index is 2.04. The molecular formula is C39H64N6O8Si. The van der Waals surface area contributed by atoms with Gasteiger partial charge >= 0.3 is 6.09 Å². The first-order valence-electron chi connectivity index (χ1n) is 18.9.